The predicted octanol–water partition coefficient (Wildman–Crippen LogP) is 3.04. The number of quaternary nitrogens is 1. The quantitative estimate of drug-likeness (QED) is 0.665. The van der Waals surface area contributed by atoms with Crippen molar-refractivity contribution in [1.82, 2.24) is 0 Å². The zero-order chi connectivity index (χ0) is 20.9. The van der Waals surface area contributed by atoms with Gasteiger partial charge in [0, 0.05) is 11.3 Å². The number of para-hydroxylation sites is 3. The minimum atomic E-state index is -0.241. The normalized spacial score (nSPS) is 17.1. The Morgan fingerprint density at radius 2 is 1.67 bits per heavy atom. The Morgan fingerprint density at radius 1 is 1.00 bits per heavy atom. The minimum Gasteiger partial charge on any atom is -0.486 e. The van der Waals surface area contributed by atoms with Gasteiger partial charge in [0.05, 0.1) is 7.05 Å². The molecule has 3 aromatic carbocycles. The average Bonchev–Trinajstić information content (AvgIpc) is 2.79. The molecule has 0 saturated carbocycles. The molecule has 3 aromatic rings. The van der Waals surface area contributed by atoms with Gasteiger partial charge >= 0.3 is 0 Å². The molecule has 0 aromatic heterocycles. The average molecular weight is 404 g/mol. The first kappa shape index (κ1) is 20.0. The number of benzene rings is 3. The number of hydrogen-bond donors (Lipinski definition) is 2. The second-order valence-electron chi connectivity index (χ2n) is 7.67. The summed E-state index contributed by atoms with van der Waals surface area (Å²) in [6.45, 7) is 3.09. The van der Waals surface area contributed by atoms with Crippen LogP contribution in [0, 0.1) is 0 Å². The van der Waals surface area contributed by atoms with Gasteiger partial charge in [-0.3, -0.25) is 4.79 Å². The highest BCUT2D eigenvalue weighted by atomic mass is 16.6. The molecule has 3 atom stereocenters. The molecule has 1 unspecified atom stereocenters. The van der Waals surface area contributed by atoms with Crippen LogP contribution < -0.4 is 19.7 Å². The van der Waals surface area contributed by atoms with Crippen molar-refractivity contribution in [3.05, 3.63) is 78.9 Å². The number of fused-ring (bicyclic) bond motifs is 1. The van der Waals surface area contributed by atoms with Gasteiger partial charge in [-0.1, -0.05) is 60.7 Å². The van der Waals surface area contributed by atoms with Crippen molar-refractivity contribution >= 4 is 11.6 Å². The summed E-state index contributed by atoms with van der Waals surface area (Å²) in [5.41, 5.74) is 2.91. The summed E-state index contributed by atoms with van der Waals surface area (Å²) in [7, 11) is 2.01. The van der Waals surface area contributed by atoms with Crippen LogP contribution in [-0.4, -0.2) is 38.3 Å². The molecule has 1 amide bonds. The van der Waals surface area contributed by atoms with Gasteiger partial charge in [-0.15, -0.1) is 0 Å². The Bertz CT molecular complexity index is 1010. The number of hydrogen-bond acceptors (Lipinski definition) is 3. The molecule has 1 aliphatic rings. The Kier molecular flexibility index (Phi) is 6.00. The van der Waals surface area contributed by atoms with E-state index in [-0.39, 0.29) is 18.1 Å². The van der Waals surface area contributed by atoms with Crippen LogP contribution in [0.2, 0.25) is 0 Å². The predicted molar refractivity (Wildman–Crippen MR) is 118 cm³/mol. The van der Waals surface area contributed by atoms with E-state index in [1.165, 1.54) is 0 Å². The summed E-state index contributed by atoms with van der Waals surface area (Å²) < 4.78 is 11.8. The van der Waals surface area contributed by atoms with Crippen molar-refractivity contribution < 1.29 is 19.2 Å². The van der Waals surface area contributed by atoms with Crippen molar-refractivity contribution in [3.63, 3.8) is 0 Å². The molecular weight excluding hydrogens is 376 g/mol. The molecule has 0 spiro atoms. The van der Waals surface area contributed by atoms with Gasteiger partial charge in [-0.05, 0) is 30.7 Å². The molecule has 1 aliphatic heterocycles. The molecule has 0 aliphatic carbocycles. The van der Waals surface area contributed by atoms with Gasteiger partial charge in [0.2, 0.25) is 0 Å². The van der Waals surface area contributed by atoms with Gasteiger partial charge in [0.25, 0.3) is 5.91 Å². The summed E-state index contributed by atoms with van der Waals surface area (Å²) in [5, 5.41) is 3.11. The SMILES string of the molecule is C[C@H](C(=O)Nc1ccccc1-c1ccccc1)[NH+](C)C[C@@H]1COc2ccccc2O1. The molecule has 0 fully saturated rings. The molecule has 0 bridgehead atoms. The van der Waals surface area contributed by atoms with Crippen LogP contribution in [0.3, 0.4) is 0 Å². The standard InChI is InChI=1S/C25H26N2O3/c1-18(27(2)16-20-17-29-23-14-8-9-15-24(23)30-20)25(28)26-22-13-7-6-12-21(22)19-10-4-3-5-11-19/h3-15,18,20H,16-17H2,1-2H3,(H,26,28)/p+1/t18-,20-/m1/s1. The molecule has 2 N–H and O–H groups in total. The fourth-order valence-corrected chi connectivity index (χ4v) is 3.63. The molecule has 30 heavy (non-hydrogen) atoms. The van der Waals surface area contributed by atoms with E-state index in [1.807, 2.05) is 92.8 Å². The maximum Gasteiger partial charge on any atom is 0.282 e. The van der Waals surface area contributed by atoms with Gasteiger partial charge in [0.15, 0.2) is 23.6 Å². The van der Waals surface area contributed by atoms with E-state index in [0.717, 1.165) is 33.2 Å². The lowest BCUT2D eigenvalue weighted by Crippen LogP contribution is -3.15. The number of carbonyl (C=O) groups is 1. The third kappa shape index (κ3) is 4.47. The second kappa shape index (κ2) is 9.01. The summed E-state index contributed by atoms with van der Waals surface area (Å²) in [4.78, 5) is 14.0. The maximum atomic E-state index is 13.0. The van der Waals surface area contributed by atoms with Gasteiger partial charge in [0.1, 0.15) is 13.2 Å². The van der Waals surface area contributed by atoms with E-state index in [1.54, 1.807) is 0 Å². The monoisotopic (exact) mass is 403 g/mol. The highest BCUT2D eigenvalue weighted by Crippen LogP contribution is 2.30. The van der Waals surface area contributed by atoms with Crippen LogP contribution >= 0.6 is 0 Å². The summed E-state index contributed by atoms with van der Waals surface area (Å²) in [6.07, 6.45) is -0.0910. The second-order valence-corrected chi connectivity index (χ2v) is 7.67. The minimum absolute atomic E-state index is 0.0204. The number of amides is 1. The fraction of sp³-hybridized carbons (Fsp3) is 0.240. The number of carbonyl (C=O) groups excluding carboxylic acids is 1. The van der Waals surface area contributed by atoms with Crippen LogP contribution in [0.15, 0.2) is 78.9 Å². The van der Waals surface area contributed by atoms with Crippen molar-refractivity contribution in [1.29, 1.82) is 0 Å². The van der Waals surface area contributed by atoms with Crippen molar-refractivity contribution in [2.24, 2.45) is 0 Å². The van der Waals surface area contributed by atoms with Crippen LogP contribution in [0.25, 0.3) is 11.1 Å². The van der Waals surface area contributed by atoms with Crippen molar-refractivity contribution in [2.75, 3.05) is 25.5 Å². The molecule has 1 heterocycles. The lowest BCUT2D eigenvalue weighted by atomic mass is 10.0. The molecule has 0 radical (unpaired) electrons. The number of likely N-dealkylation sites (N-methyl/N-ethyl adjacent to an activating group) is 1. The maximum absolute atomic E-state index is 13.0. The first-order valence-electron chi connectivity index (χ1n) is 10.3. The number of nitrogens with one attached hydrogen (secondary N) is 2. The van der Waals surface area contributed by atoms with Crippen LogP contribution in [0.1, 0.15) is 6.92 Å². The molecule has 5 nitrogen and oxygen atoms in total. The third-order valence-corrected chi connectivity index (χ3v) is 5.52. The largest absolute Gasteiger partial charge is 0.486 e. The smallest absolute Gasteiger partial charge is 0.282 e. The summed E-state index contributed by atoms with van der Waals surface area (Å²) >= 11 is 0. The van der Waals surface area contributed by atoms with E-state index in [9.17, 15) is 4.79 Å². The zero-order valence-corrected chi connectivity index (χ0v) is 17.3. The highest BCUT2D eigenvalue weighted by molar-refractivity contribution is 5.97. The first-order chi connectivity index (χ1) is 14.6. The fourth-order valence-electron chi connectivity index (χ4n) is 3.63. The summed E-state index contributed by atoms with van der Waals surface area (Å²) in [5.74, 6) is 1.51. The number of rotatable bonds is 6. The Hall–Kier alpha value is -3.31. The first-order valence-corrected chi connectivity index (χ1v) is 10.3. The number of anilines is 1. The van der Waals surface area contributed by atoms with Crippen LogP contribution in [0.5, 0.6) is 11.5 Å². The molecular formula is C25H27N2O3+. The van der Waals surface area contributed by atoms with E-state index >= 15 is 0 Å². The van der Waals surface area contributed by atoms with E-state index in [0.29, 0.717) is 13.2 Å². The Morgan fingerprint density at radius 3 is 2.47 bits per heavy atom. The van der Waals surface area contributed by atoms with Gasteiger partial charge in [-0.2, -0.15) is 0 Å². The Labute approximate surface area is 177 Å². The zero-order valence-electron chi connectivity index (χ0n) is 17.3. The topological polar surface area (TPSA) is 52.0 Å². The van der Waals surface area contributed by atoms with Gasteiger partial charge < -0.3 is 19.7 Å². The van der Waals surface area contributed by atoms with Crippen LogP contribution in [0.4, 0.5) is 5.69 Å². The van der Waals surface area contributed by atoms with E-state index in [2.05, 4.69) is 5.32 Å². The molecule has 0 saturated heterocycles. The highest BCUT2D eigenvalue weighted by Gasteiger charge is 2.29. The number of ether oxygens (including phenoxy) is 2. The lowest BCUT2D eigenvalue weighted by Gasteiger charge is -2.29. The van der Waals surface area contributed by atoms with E-state index < -0.39 is 0 Å². The van der Waals surface area contributed by atoms with Gasteiger partial charge in [-0.25, -0.2) is 0 Å². The van der Waals surface area contributed by atoms with Crippen molar-refractivity contribution in [2.45, 2.75) is 19.1 Å². The summed E-state index contributed by atoms with van der Waals surface area (Å²) in [6, 6.07) is 25.4. The van der Waals surface area contributed by atoms with Crippen LogP contribution in [-0.2, 0) is 4.79 Å². The molecule has 4 rings (SSSR count). The molecule has 5 heteroatoms. The van der Waals surface area contributed by atoms with E-state index in [4.69, 9.17) is 9.47 Å². The third-order valence-electron chi connectivity index (χ3n) is 5.52. The Balaban J connectivity index is 1.40. The van der Waals surface area contributed by atoms with Crippen molar-refractivity contribution in [3.8, 4) is 22.6 Å². The lowest BCUT2D eigenvalue weighted by molar-refractivity contribution is -0.896. The molecule has 154 valence electrons.